The van der Waals surface area contributed by atoms with Crippen LogP contribution in [0.3, 0.4) is 0 Å². The number of esters is 1. The Morgan fingerprint density at radius 3 is 2.83 bits per heavy atom. The van der Waals surface area contributed by atoms with Crippen molar-refractivity contribution < 1.29 is 9.53 Å². The SMILES string of the molecule is COC(=O)c1ccc(NC2CCCC(C)C2)nn1. The molecule has 0 spiro atoms. The quantitative estimate of drug-likeness (QED) is 0.832. The Morgan fingerprint density at radius 1 is 1.39 bits per heavy atom. The maximum absolute atomic E-state index is 11.2. The van der Waals surface area contributed by atoms with Gasteiger partial charge in [0.15, 0.2) is 5.69 Å². The van der Waals surface area contributed by atoms with Crippen molar-refractivity contribution in [1.82, 2.24) is 10.2 Å². The van der Waals surface area contributed by atoms with Crippen LogP contribution in [-0.4, -0.2) is 29.3 Å². The summed E-state index contributed by atoms with van der Waals surface area (Å²) in [6.07, 6.45) is 4.91. The highest BCUT2D eigenvalue weighted by Gasteiger charge is 2.19. The van der Waals surface area contributed by atoms with Crippen LogP contribution in [0, 0.1) is 5.92 Å². The van der Waals surface area contributed by atoms with Crippen LogP contribution in [0.25, 0.3) is 0 Å². The fraction of sp³-hybridized carbons (Fsp3) is 0.615. The monoisotopic (exact) mass is 249 g/mol. The summed E-state index contributed by atoms with van der Waals surface area (Å²) in [7, 11) is 1.33. The van der Waals surface area contributed by atoms with Crippen LogP contribution >= 0.6 is 0 Å². The second-order valence-corrected chi connectivity index (χ2v) is 4.91. The van der Waals surface area contributed by atoms with Gasteiger partial charge in [-0.2, -0.15) is 0 Å². The maximum atomic E-state index is 11.2. The van der Waals surface area contributed by atoms with Gasteiger partial charge in [-0.3, -0.25) is 0 Å². The van der Waals surface area contributed by atoms with Crippen molar-refractivity contribution in [3.63, 3.8) is 0 Å². The number of hydrogen-bond acceptors (Lipinski definition) is 5. The molecule has 0 bridgehead atoms. The van der Waals surface area contributed by atoms with Crippen LogP contribution < -0.4 is 5.32 Å². The first-order valence-electron chi connectivity index (χ1n) is 6.37. The first-order chi connectivity index (χ1) is 8.69. The van der Waals surface area contributed by atoms with E-state index < -0.39 is 5.97 Å². The molecule has 5 heteroatoms. The van der Waals surface area contributed by atoms with E-state index in [0.29, 0.717) is 6.04 Å². The summed E-state index contributed by atoms with van der Waals surface area (Å²) in [6, 6.07) is 3.87. The molecule has 1 aromatic heterocycles. The van der Waals surface area contributed by atoms with Gasteiger partial charge in [0.05, 0.1) is 7.11 Å². The van der Waals surface area contributed by atoms with Gasteiger partial charge in [0.25, 0.3) is 0 Å². The van der Waals surface area contributed by atoms with Gasteiger partial charge in [0.2, 0.25) is 0 Å². The highest BCUT2D eigenvalue weighted by atomic mass is 16.5. The molecule has 2 rings (SSSR count). The zero-order valence-corrected chi connectivity index (χ0v) is 10.8. The number of aromatic nitrogens is 2. The summed E-state index contributed by atoms with van der Waals surface area (Å²) in [5, 5.41) is 11.2. The van der Waals surface area contributed by atoms with Crippen LogP contribution in [0.2, 0.25) is 0 Å². The molecule has 0 aliphatic heterocycles. The summed E-state index contributed by atoms with van der Waals surface area (Å²) in [5.41, 5.74) is 0.236. The highest BCUT2D eigenvalue weighted by Crippen LogP contribution is 2.25. The van der Waals surface area contributed by atoms with Crippen molar-refractivity contribution in [2.24, 2.45) is 5.92 Å². The van der Waals surface area contributed by atoms with E-state index in [1.54, 1.807) is 12.1 Å². The summed E-state index contributed by atoms with van der Waals surface area (Å²) in [4.78, 5) is 11.2. The zero-order chi connectivity index (χ0) is 13.0. The van der Waals surface area contributed by atoms with E-state index in [2.05, 4.69) is 27.2 Å². The highest BCUT2D eigenvalue weighted by molar-refractivity contribution is 5.86. The lowest BCUT2D eigenvalue weighted by Gasteiger charge is -2.27. The van der Waals surface area contributed by atoms with Crippen molar-refractivity contribution >= 4 is 11.8 Å². The van der Waals surface area contributed by atoms with E-state index in [1.165, 1.54) is 32.8 Å². The topological polar surface area (TPSA) is 64.1 Å². The van der Waals surface area contributed by atoms with Gasteiger partial charge in [-0.15, -0.1) is 10.2 Å². The first-order valence-corrected chi connectivity index (χ1v) is 6.37. The van der Waals surface area contributed by atoms with Crippen molar-refractivity contribution in [2.45, 2.75) is 38.6 Å². The molecule has 1 fully saturated rings. The molecule has 1 aromatic rings. The third-order valence-electron chi connectivity index (χ3n) is 3.35. The minimum Gasteiger partial charge on any atom is -0.464 e. The number of carbonyl (C=O) groups is 1. The van der Waals surface area contributed by atoms with E-state index in [1.807, 2.05) is 0 Å². The smallest absolute Gasteiger partial charge is 0.358 e. The molecule has 0 saturated heterocycles. The molecule has 2 atom stereocenters. The molecular formula is C13H19N3O2. The van der Waals surface area contributed by atoms with Crippen molar-refractivity contribution in [1.29, 1.82) is 0 Å². The van der Waals surface area contributed by atoms with Gasteiger partial charge in [-0.1, -0.05) is 19.8 Å². The second kappa shape index (κ2) is 5.80. The molecule has 0 aromatic carbocycles. The van der Waals surface area contributed by atoms with Gasteiger partial charge in [0.1, 0.15) is 5.82 Å². The molecule has 0 amide bonds. The normalized spacial score (nSPS) is 23.4. The molecule has 1 heterocycles. The van der Waals surface area contributed by atoms with E-state index in [-0.39, 0.29) is 5.69 Å². The molecular weight excluding hydrogens is 230 g/mol. The van der Waals surface area contributed by atoms with E-state index in [4.69, 9.17) is 0 Å². The standard InChI is InChI=1S/C13H19N3O2/c1-9-4-3-5-10(8-9)14-12-7-6-11(15-16-12)13(17)18-2/h6-7,9-10H,3-5,8H2,1-2H3,(H,14,16). The third-order valence-corrected chi connectivity index (χ3v) is 3.35. The first kappa shape index (κ1) is 12.8. The fourth-order valence-corrected chi connectivity index (χ4v) is 2.40. The van der Waals surface area contributed by atoms with E-state index in [0.717, 1.165) is 11.7 Å². The number of methoxy groups -OCH3 is 1. The van der Waals surface area contributed by atoms with Gasteiger partial charge >= 0.3 is 5.97 Å². The van der Waals surface area contributed by atoms with Crippen molar-refractivity contribution in [3.05, 3.63) is 17.8 Å². The predicted molar refractivity (Wildman–Crippen MR) is 68.4 cm³/mol. The van der Waals surface area contributed by atoms with Crippen molar-refractivity contribution in [3.8, 4) is 0 Å². The minimum atomic E-state index is -0.458. The number of anilines is 1. The molecule has 1 aliphatic rings. The van der Waals surface area contributed by atoms with Crippen LogP contribution in [-0.2, 0) is 4.74 Å². The second-order valence-electron chi connectivity index (χ2n) is 4.91. The molecule has 1 N–H and O–H groups in total. The Balaban J connectivity index is 1.95. The molecule has 1 aliphatic carbocycles. The van der Waals surface area contributed by atoms with Crippen LogP contribution in [0.5, 0.6) is 0 Å². The number of rotatable bonds is 3. The van der Waals surface area contributed by atoms with Crippen LogP contribution in [0.4, 0.5) is 5.82 Å². The molecule has 18 heavy (non-hydrogen) atoms. The molecule has 5 nitrogen and oxygen atoms in total. The average molecular weight is 249 g/mol. The largest absolute Gasteiger partial charge is 0.464 e. The third kappa shape index (κ3) is 3.18. The number of hydrogen-bond donors (Lipinski definition) is 1. The van der Waals surface area contributed by atoms with E-state index in [9.17, 15) is 4.79 Å². The minimum absolute atomic E-state index is 0.236. The molecule has 98 valence electrons. The summed E-state index contributed by atoms with van der Waals surface area (Å²) >= 11 is 0. The average Bonchev–Trinajstić information content (AvgIpc) is 2.39. The Morgan fingerprint density at radius 2 is 2.22 bits per heavy atom. The Bertz CT molecular complexity index is 405. The molecule has 1 saturated carbocycles. The zero-order valence-electron chi connectivity index (χ0n) is 10.8. The fourth-order valence-electron chi connectivity index (χ4n) is 2.40. The summed E-state index contributed by atoms with van der Waals surface area (Å²) < 4.78 is 4.58. The number of nitrogens with zero attached hydrogens (tertiary/aromatic N) is 2. The van der Waals surface area contributed by atoms with Crippen LogP contribution in [0.1, 0.15) is 43.1 Å². The Kier molecular flexibility index (Phi) is 4.12. The van der Waals surface area contributed by atoms with E-state index >= 15 is 0 Å². The summed E-state index contributed by atoms with van der Waals surface area (Å²) in [6.45, 7) is 2.28. The van der Waals surface area contributed by atoms with Crippen LogP contribution in [0.15, 0.2) is 12.1 Å². The number of ether oxygens (including phenoxy) is 1. The van der Waals surface area contributed by atoms with Gasteiger partial charge in [-0.05, 0) is 30.9 Å². The Labute approximate surface area is 107 Å². The number of nitrogens with one attached hydrogen (secondary N) is 1. The Hall–Kier alpha value is -1.65. The maximum Gasteiger partial charge on any atom is 0.358 e. The van der Waals surface area contributed by atoms with Crippen molar-refractivity contribution in [2.75, 3.05) is 12.4 Å². The van der Waals surface area contributed by atoms with Gasteiger partial charge in [-0.25, -0.2) is 4.79 Å². The van der Waals surface area contributed by atoms with Gasteiger partial charge < -0.3 is 10.1 Å². The molecule has 2 unspecified atom stereocenters. The lowest BCUT2D eigenvalue weighted by atomic mass is 9.87. The predicted octanol–water partition coefficient (Wildman–Crippen LogP) is 2.25. The molecule has 0 radical (unpaired) electrons. The summed E-state index contributed by atoms with van der Waals surface area (Å²) in [5.74, 6) is 1.03. The number of carbonyl (C=O) groups excluding carboxylic acids is 1. The lowest BCUT2D eigenvalue weighted by molar-refractivity contribution is 0.0593. The lowest BCUT2D eigenvalue weighted by Crippen LogP contribution is -2.26. The van der Waals surface area contributed by atoms with Gasteiger partial charge in [0, 0.05) is 6.04 Å².